The Morgan fingerprint density at radius 2 is 2.10 bits per heavy atom. The van der Waals surface area contributed by atoms with Crippen molar-refractivity contribution in [2.75, 3.05) is 6.61 Å². The molecule has 3 rings (SSSR count). The van der Waals surface area contributed by atoms with Crippen molar-refractivity contribution in [3.63, 3.8) is 0 Å². The normalized spacial score (nSPS) is 29.9. The first-order chi connectivity index (χ1) is 9.40. The maximum Gasteiger partial charge on any atom is 0.391 e. The van der Waals surface area contributed by atoms with E-state index >= 15 is 0 Å². The Labute approximate surface area is 116 Å². The SMILES string of the molecule is NC1(c2cccc3c2OCC3)CCCC(C(F)(F)F)C1. The fourth-order valence-electron chi connectivity index (χ4n) is 3.44. The van der Waals surface area contributed by atoms with Gasteiger partial charge in [-0.2, -0.15) is 13.2 Å². The molecule has 0 bridgehead atoms. The molecule has 2 unspecified atom stereocenters. The molecule has 0 aromatic heterocycles. The van der Waals surface area contributed by atoms with Gasteiger partial charge in [0.15, 0.2) is 0 Å². The summed E-state index contributed by atoms with van der Waals surface area (Å²) >= 11 is 0. The monoisotopic (exact) mass is 285 g/mol. The Bertz CT molecular complexity index is 514. The molecule has 20 heavy (non-hydrogen) atoms. The molecule has 2 N–H and O–H groups in total. The smallest absolute Gasteiger partial charge is 0.391 e. The van der Waals surface area contributed by atoms with Crippen molar-refractivity contribution in [2.45, 2.75) is 43.8 Å². The second kappa shape index (κ2) is 4.65. The Hall–Kier alpha value is -1.23. The van der Waals surface area contributed by atoms with Crippen LogP contribution in [0.2, 0.25) is 0 Å². The molecule has 2 aliphatic rings. The molecule has 1 saturated carbocycles. The highest BCUT2D eigenvalue weighted by Crippen LogP contribution is 2.48. The Kier molecular flexibility index (Phi) is 3.20. The summed E-state index contributed by atoms with van der Waals surface area (Å²) in [6.45, 7) is 0.588. The molecule has 1 fully saturated rings. The lowest BCUT2D eigenvalue weighted by Gasteiger charge is -2.39. The first kappa shape index (κ1) is 13.7. The van der Waals surface area contributed by atoms with E-state index < -0.39 is 17.6 Å². The maximum absolute atomic E-state index is 13.0. The molecule has 1 aromatic rings. The van der Waals surface area contributed by atoms with Crippen molar-refractivity contribution in [3.05, 3.63) is 29.3 Å². The van der Waals surface area contributed by atoms with Crippen LogP contribution in [0.1, 0.15) is 36.8 Å². The number of ether oxygens (including phenoxy) is 1. The molecular weight excluding hydrogens is 267 g/mol. The molecule has 110 valence electrons. The number of fused-ring (bicyclic) bond motifs is 1. The van der Waals surface area contributed by atoms with E-state index in [2.05, 4.69) is 0 Å². The second-order valence-electron chi connectivity index (χ2n) is 5.88. The zero-order chi connectivity index (χ0) is 14.4. The Morgan fingerprint density at radius 3 is 2.85 bits per heavy atom. The zero-order valence-corrected chi connectivity index (χ0v) is 11.2. The standard InChI is InChI=1S/C15H18F3NO/c16-15(17,18)11-4-2-7-14(19,9-11)12-5-1-3-10-6-8-20-13(10)12/h1,3,5,11H,2,4,6-9,19H2. The van der Waals surface area contributed by atoms with Crippen LogP contribution in [0.4, 0.5) is 13.2 Å². The second-order valence-corrected chi connectivity index (χ2v) is 5.88. The largest absolute Gasteiger partial charge is 0.493 e. The van der Waals surface area contributed by atoms with Gasteiger partial charge in [-0.3, -0.25) is 0 Å². The summed E-state index contributed by atoms with van der Waals surface area (Å²) in [7, 11) is 0. The Balaban J connectivity index is 1.94. The molecule has 1 aliphatic carbocycles. The molecule has 0 saturated heterocycles. The van der Waals surface area contributed by atoms with E-state index in [-0.39, 0.29) is 12.8 Å². The summed E-state index contributed by atoms with van der Waals surface area (Å²) in [5.41, 5.74) is 7.25. The molecule has 2 atom stereocenters. The van der Waals surface area contributed by atoms with E-state index in [0.29, 0.717) is 19.4 Å². The highest BCUT2D eigenvalue weighted by molar-refractivity contribution is 5.47. The highest BCUT2D eigenvalue weighted by Gasteiger charge is 2.47. The van der Waals surface area contributed by atoms with Gasteiger partial charge in [0, 0.05) is 17.5 Å². The van der Waals surface area contributed by atoms with Crippen molar-refractivity contribution < 1.29 is 17.9 Å². The summed E-state index contributed by atoms with van der Waals surface area (Å²) in [6, 6.07) is 5.65. The summed E-state index contributed by atoms with van der Waals surface area (Å²) in [5, 5.41) is 0. The molecule has 2 nitrogen and oxygen atoms in total. The third-order valence-corrected chi connectivity index (χ3v) is 4.50. The molecule has 0 spiro atoms. The zero-order valence-electron chi connectivity index (χ0n) is 11.2. The van der Waals surface area contributed by atoms with Crippen molar-refractivity contribution in [1.29, 1.82) is 0 Å². The predicted molar refractivity (Wildman–Crippen MR) is 69.5 cm³/mol. The van der Waals surface area contributed by atoms with Crippen molar-refractivity contribution >= 4 is 0 Å². The van der Waals surface area contributed by atoms with Crippen LogP contribution < -0.4 is 10.5 Å². The van der Waals surface area contributed by atoms with Gasteiger partial charge in [0.2, 0.25) is 0 Å². The summed E-state index contributed by atoms with van der Waals surface area (Å²) in [5.74, 6) is -0.587. The van der Waals surface area contributed by atoms with Crippen LogP contribution in [0.5, 0.6) is 5.75 Å². The number of hydrogen-bond donors (Lipinski definition) is 1. The maximum atomic E-state index is 13.0. The van der Waals surface area contributed by atoms with E-state index in [1.54, 1.807) is 0 Å². The van der Waals surface area contributed by atoms with Crippen LogP contribution in [0.25, 0.3) is 0 Å². The third kappa shape index (κ3) is 2.28. The van der Waals surface area contributed by atoms with Crippen LogP contribution in [-0.4, -0.2) is 12.8 Å². The fourth-order valence-corrected chi connectivity index (χ4v) is 3.44. The minimum Gasteiger partial charge on any atom is -0.493 e. The molecule has 1 aromatic carbocycles. The van der Waals surface area contributed by atoms with Crippen molar-refractivity contribution in [1.82, 2.24) is 0 Å². The summed E-state index contributed by atoms with van der Waals surface area (Å²) < 4.78 is 44.6. The van der Waals surface area contributed by atoms with Crippen molar-refractivity contribution in [3.8, 4) is 5.75 Å². The van der Waals surface area contributed by atoms with Crippen LogP contribution >= 0.6 is 0 Å². The average Bonchev–Trinajstić information content (AvgIpc) is 2.85. The Morgan fingerprint density at radius 1 is 1.30 bits per heavy atom. The lowest BCUT2D eigenvalue weighted by atomic mass is 9.72. The van der Waals surface area contributed by atoms with Crippen LogP contribution in [-0.2, 0) is 12.0 Å². The first-order valence-corrected chi connectivity index (χ1v) is 7.01. The van der Waals surface area contributed by atoms with Gasteiger partial charge in [0.1, 0.15) is 5.75 Å². The number of hydrogen-bond acceptors (Lipinski definition) is 2. The number of benzene rings is 1. The minimum absolute atomic E-state index is 0.0453. The molecule has 0 radical (unpaired) electrons. The summed E-state index contributed by atoms with van der Waals surface area (Å²) in [4.78, 5) is 0. The van der Waals surface area contributed by atoms with Gasteiger partial charge in [-0.25, -0.2) is 0 Å². The van der Waals surface area contributed by atoms with Gasteiger partial charge in [-0.1, -0.05) is 24.6 Å². The number of nitrogens with two attached hydrogens (primary N) is 1. The van der Waals surface area contributed by atoms with Gasteiger partial charge >= 0.3 is 6.18 Å². The van der Waals surface area contributed by atoms with Gasteiger partial charge in [0.25, 0.3) is 0 Å². The number of rotatable bonds is 1. The van der Waals surface area contributed by atoms with Crippen LogP contribution in [0.15, 0.2) is 18.2 Å². The predicted octanol–water partition coefficient (Wildman–Crippen LogP) is 3.53. The quantitative estimate of drug-likeness (QED) is 0.856. The molecule has 1 aliphatic heterocycles. The van der Waals surface area contributed by atoms with Crippen LogP contribution in [0.3, 0.4) is 0 Å². The molecule has 5 heteroatoms. The number of alkyl halides is 3. The van der Waals surface area contributed by atoms with Gasteiger partial charge in [-0.15, -0.1) is 0 Å². The van der Waals surface area contributed by atoms with E-state index in [0.717, 1.165) is 23.3 Å². The lowest BCUT2D eigenvalue weighted by molar-refractivity contribution is -0.187. The lowest BCUT2D eigenvalue weighted by Crippen LogP contribution is -2.45. The van der Waals surface area contributed by atoms with E-state index in [9.17, 15) is 13.2 Å². The van der Waals surface area contributed by atoms with Crippen molar-refractivity contribution in [2.24, 2.45) is 11.7 Å². The number of para-hydroxylation sites is 1. The topological polar surface area (TPSA) is 35.2 Å². The molecular formula is C15H18F3NO. The number of halogens is 3. The van der Waals surface area contributed by atoms with E-state index in [1.807, 2.05) is 18.2 Å². The van der Waals surface area contributed by atoms with Gasteiger partial charge < -0.3 is 10.5 Å². The van der Waals surface area contributed by atoms with Gasteiger partial charge in [-0.05, 0) is 24.8 Å². The van der Waals surface area contributed by atoms with E-state index in [1.165, 1.54) is 0 Å². The van der Waals surface area contributed by atoms with Gasteiger partial charge in [0.05, 0.1) is 12.5 Å². The molecule has 0 amide bonds. The first-order valence-electron chi connectivity index (χ1n) is 7.01. The van der Waals surface area contributed by atoms with E-state index in [4.69, 9.17) is 10.5 Å². The average molecular weight is 285 g/mol. The summed E-state index contributed by atoms with van der Waals surface area (Å²) in [6.07, 6.45) is -2.13. The highest BCUT2D eigenvalue weighted by atomic mass is 19.4. The minimum atomic E-state index is -4.16. The van der Waals surface area contributed by atoms with Crippen LogP contribution in [0, 0.1) is 5.92 Å². The molecule has 1 heterocycles. The third-order valence-electron chi connectivity index (χ3n) is 4.50. The fraction of sp³-hybridized carbons (Fsp3) is 0.600.